The van der Waals surface area contributed by atoms with Gasteiger partial charge in [-0.25, -0.2) is 0 Å². The molecule has 2 N–H and O–H groups in total. The summed E-state index contributed by atoms with van der Waals surface area (Å²) in [6.07, 6.45) is 4.67. The van der Waals surface area contributed by atoms with Gasteiger partial charge >= 0.3 is 0 Å². The van der Waals surface area contributed by atoms with Crippen molar-refractivity contribution in [3.63, 3.8) is 0 Å². The Kier molecular flexibility index (Phi) is 8.15. The molecule has 1 fully saturated rings. The Bertz CT molecular complexity index is 283. The number of carbonyl (C=O) groups is 1. The van der Waals surface area contributed by atoms with Crippen LogP contribution in [0.3, 0.4) is 0 Å². The van der Waals surface area contributed by atoms with Crippen molar-refractivity contribution in [2.45, 2.75) is 65.5 Å². The Labute approximate surface area is 124 Å². The van der Waals surface area contributed by atoms with E-state index in [0.29, 0.717) is 5.92 Å². The molecular formula is C16H33N3O. The number of carbonyl (C=O) groups excluding carboxylic acids is 1. The minimum atomic E-state index is -0.00187. The van der Waals surface area contributed by atoms with Gasteiger partial charge in [0.05, 0.1) is 6.04 Å². The van der Waals surface area contributed by atoms with Gasteiger partial charge in [0.25, 0.3) is 0 Å². The molecule has 0 bridgehead atoms. The van der Waals surface area contributed by atoms with Gasteiger partial charge in [0.2, 0.25) is 5.91 Å². The molecule has 4 nitrogen and oxygen atoms in total. The SMILES string of the molecule is CCCNCC1CCCN(C(C)C(=O)NC(C)CC)C1. The molecule has 4 heteroatoms. The molecule has 1 aliphatic rings. The summed E-state index contributed by atoms with van der Waals surface area (Å²) >= 11 is 0. The van der Waals surface area contributed by atoms with Crippen molar-refractivity contribution in [3.05, 3.63) is 0 Å². The molecular weight excluding hydrogens is 250 g/mol. The van der Waals surface area contributed by atoms with Gasteiger partial charge in [-0.1, -0.05) is 13.8 Å². The number of hydrogen-bond donors (Lipinski definition) is 2. The van der Waals surface area contributed by atoms with E-state index in [4.69, 9.17) is 0 Å². The molecule has 1 rings (SSSR count). The van der Waals surface area contributed by atoms with Gasteiger partial charge in [0.15, 0.2) is 0 Å². The molecule has 0 aromatic heterocycles. The molecule has 3 atom stereocenters. The molecule has 118 valence electrons. The zero-order chi connectivity index (χ0) is 15.0. The molecule has 0 aromatic rings. The Balaban J connectivity index is 2.39. The largest absolute Gasteiger partial charge is 0.352 e. The molecule has 0 spiro atoms. The lowest BCUT2D eigenvalue weighted by Gasteiger charge is -2.36. The van der Waals surface area contributed by atoms with E-state index in [9.17, 15) is 4.79 Å². The van der Waals surface area contributed by atoms with Crippen molar-refractivity contribution in [2.24, 2.45) is 5.92 Å². The summed E-state index contributed by atoms with van der Waals surface area (Å²) in [5.74, 6) is 0.871. The standard InChI is InChI=1S/C16H33N3O/c1-5-9-17-11-15-8-7-10-19(12-15)14(4)16(20)18-13(3)6-2/h13-15,17H,5-12H2,1-4H3,(H,18,20). The highest BCUT2D eigenvalue weighted by atomic mass is 16.2. The minimum absolute atomic E-state index is 0.00187. The quantitative estimate of drug-likeness (QED) is 0.670. The lowest BCUT2D eigenvalue weighted by atomic mass is 9.96. The van der Waals surface area contributed by atoms with E-state index in [2.05, 4.69) is 36.3 Å². The number of hydrogen-bond acceptors (Lipinski definition) is 3. The summed E-state index contributed by atoms with van der Waals surface area (Å²) in [5.41, 5.74) is 0. The van der Waals surface area contributed by atoms with Crippen molar-refractivity contribution in [1.82, 2.24) is 15.5 Å². The van der Waals surface area contributed by atoms with E-state index in [1.54, 1.807) is 0 Å². The molecule has 20 heavy (non-hydrogen) atoms. The molecule has 1 aliphatic heterocycles. The summed E-state index contributed by atoms with van der Waals surface area (Å²) in [6.45, 7) is 12.7. The van der Waals surface area contributed by atoms with E-state index in [1.807, 2.05) is 6.92 Å². The molecule has 3 unspecified atom stereocenters. The van der Waals surface area contributed by atoms with Crippen molar-refractivity contribution >= 4 is 5.91 Å². The Morgan fingerprint density at radius 1 is 1.35 bits per heavy atom. The van der Waals surface area contributed by atoms with Crippen LogP contribution in [0.25, 0.3) is 0 Å². The number of likely N-dealkylation sites (tertiary alicyclic amines) is 1. The normalized spacial score (nSPS) is 23.3. The number of nitrogens with one attached hydrogen (secondary N) is 2. The van der Waals surface area contributed by atoms with E-state index < -0.39 is 0 Å². The van der Waals surface area contributed by atoms with E-state index in [0.717, 1.165) is 32.6 Å². The third-order valence-corrected chi connectivity index (χ3v) is 4.34. The Hall–Kier alpha value is -0.610. The van der Waals surface area contributed by atoms with E-state index in [1.165, 1.54) is 19.3 Å². The fourth-order valence-electron chi connectivity index (χ4n) is 2.73. The second-order valence-corrected chi connectivity index (χ2v) is 6.20. The smallest absolute Gasteiger partial charge is 0.237 e. The molecule has 1 amide bonds. The molecule has 1 heterocycles. The summed E-state index contributed by atoms with van der Waals surface area (Å²) in [4.78, 5) is 14.6. The van der Waals surface area contributed by atoms with Crippen LogP contribution >= 0.6 is 0 Å². The van der Waals surface area contributed by atoms with Crippen molar-refractivity contribution in [1.29, 1.82) is 0 Å². The zero-order valence-corrected chi connectivity index (χ0v) is 13.7. The highest BCUT2D eigenvalue weighted by molar-refractivity contribution is 5.81. The van der Waals surface area contributed by atoms with Crippen LogP contribution in [0.15, 0.2) is 0 Å². The molecule has 0 radical (unpaired) electrons. The van der Waals surface area contributed by atoms with Gasteiger partial charge in [-0.05, 0) is 65.1 Å². The van der Waals surface area contributed by atoms with Gasteiger partial charge in [-0.2, -0.15) is 0 Å². The topological polar surface area (TPSA) is 44.4 Å². The van der Waals surface area contributed by atoms with Crippen molar-refractivity contribution in [3.8, 4) is 0 Å². The van der Waals surface area contributed by atoms with Gasteiger partial charge in [0.1, 0.15) is 0 Å². The van der Waals surface area contributed by atoms with Crippen LogP contribution in [0.5, 0.6) is 0 Å². The predicted octanol–water partition coefficient (Wildman–Crippen LogP) is 2.00. The van der Waals surface area contributed by atoms with Gasteiger partial charge < -0.3 is 10.6 Å². The van der Waals surface area contributed by atoms with Crippen LogP contribution < -0.4 is 10.6 Å². The first kappa shape index (κ1) is 17.4. The summed E-state index contributed by atoms with van der Waals surface area (Å²) in [6, 6.07) is 0.273. The summed E-state index contributed by atoms with van der Waals surface area (Å²) in [5, 5.41) is 6.61. The van der Waals surface area contributed by atoms with Gasteiger partial charge in [0, 0.05) is 12.6 Å². The molecule has 0 aliphatic carbocycles. The third kappa shape index (κ3) is 5.80. The Morgan fingerprint density at radius 2 is 2.10 bits per heavy atom. The maximum absolute atomic E-state index is 12.2. The summed E-state index contributed by atoms with van der Waals surface area (Å²) in [7, 11) is 0. The lowest BCUT2D eigenvalue weighted by Crippen LogP contribution is -2.51. The number of rotatable bonds is 8. The molecule has 0 saturated carbocycles. The first-order valence-corrected chi connectivity index (χ1v) is 8.33. The second-order valence-electron chi connectivity index (χ2n) is 6.20. The van der Waals surface area contributed by atoms with Crippen LogP contribution in [0.4, 0.5) is 0 Å². The maximum atomic E-state index is 12.2. The van der Waals surface area contributed by atoms with Crippen LogP contribution in [-0.4, -0.2) is 49.1 Å². The van der Waals surface area contributed by atoms with Crippen molar-refractivity contribution in [2.75, 3.05) is 26.2 Å². The summed E-state index contributed by atoms with van der Waals surface area (Å²) < 4.78 is 0. The third-order valence-electron chi connectivity index (χ3n) is 4.34. The average molecular weight is 283 g/mol. The fraction of sp³-hybridized carbons (Fsp3) is 0.938. The van der Waals surface area contributed by atoms with Crippen LogP contribution in [0, 0.1) is 5.92 Å². The predicted molar refractivity (Wildman–Crippen MR) is 84.8 cm³/mol. The van der Waals surface area contributed by atoms with Crippen molar-refractivity contribution < 1.29 is 4.79 Å². The first-order valence-electron chi connectivity index (χ1n) is 8.33. The van der Waals surface area contributed by atoms with Gasteiger partial charge in [-0.3, -0.25) is 9.69 Å². The Morgan fingerprint density at radius 3 is 2.75 bits per heavy atom. The monoisotopic (exact) mass is 283 g/mol. The highest BCUT2D eigenvalue weighted by Gasteiger charge is 2.27. The number of nitrogens with zero attached hydrogens (tertiary/aromatic N) is 1. The second kappa shape index (κ2) is 9.35. The molecule has 1 saturated heterocycles. The number of piperidine rings is 1. The maximum Gasteiger partial charge on any atom is 0.237 e. The molecule has 0 aromatic carbocycles. The highest BCUT2D eigenvalue weighted by Crippen LogP contribution is 2.18. The van der Waals surface area contributed by atoms with E-state index in [-0.39, 0.29) is 18.0 Å². The van der Waals surface area contributed by atoms with E-state index >= 15 is 0 Å². The minimum Gasteiger partial charge on any atom is -0.352 e. The van der Waals surface area contributed by atoms with Crippen LogP contribution in [0.2, 0.25) is 0 Å². The lowest BCUT2D eigenvalue weighted by molar-refractivity contribution is -0.127. The first-order chi connectivity index (χ1) is 9.58. The van der Waals surface area contributed by atoms with Crippen LogP contribution in [-0.2, 0) is 4.79 Å². The van der Waals surface area contributed by atoms with Gasteiger partial charge in [-0.15, -0.1) is 0 Å². The number of amides is 1. The average Bonchev–Trinajstić information content (AvgIpc) is 2.46. The zero-order valence-electron chi connectivity index (χ0n) is 13.7. The van der Waals surface area contributed by atoms with Crippen LogP contribution in [0.1, 0.15) is 53.4 Å². The fourth-order valence-corrected chi connectivity index (χ4v) is 2.73.